The fourth-order valence-electron chi connectivity index (χ4n) is 2.24. The number of para-hydroxylation sites is 1. The molecule has 0 saturated carbocycles. The van der Waals surface area contributed by atoms with E-state index in [9.17, 15) is 0 Å². The van der Waals surface area contributed by atoms with Gasteiger partial charge in [0.2, 0.25) is 0 Å². The number of ether oxygens (including phenoxy) is 1. The van der Waals surface area contributed by atoms with Gasteiger partial charge in [-0.05, 0) is 13.0 Å². The number of oxime groups is 1. The van der Waals surface area contributed by atoms with Crippen LogP contribution >= 0.6 is 0 Å². The summed E-state index contributed by atoms with van der Waals surface area (Å²) < 4.78 is 7.19. The van der Waals surface area contributed by atoms with Crippen LogP contribution in [0.15, 0.2) is 36.0 Å². The van der Waals surface area contributed by atoms with Gasteiger partial charge < -0.3 is 14.5 Å². The van der Waals surface area contributed by atoms with Gasteiger partial charge in [0.1, 0.15) is 12.4 Å². The van der Waals surface area contributed by atoms with E-state index in [0.717, 1.165) is 22.2 Å². The predicted molar refractivity (Wildman–Crippen MR) is 73.0 cm³/mol. The molecule has 0 aliphatic heterocycles. The molecule has 0 atom stereocenters. The Morgan fingerprint density at radius 2 is 2.22 bits per heavy atom. The topological polar surface area (TPSA) is 46.8 Å². The van der Waals surface area contributed by atoms with Crippen molar-refractivity contribution in [3.8, 4) is 0 Å². The third-order valence-electron chi connectivity index (χ3n) is 2.97. The molecule has 18 heavy (non-hydrogen) atoms. The summed E-state index contributed by atoms with van der Waals surface area (Å²) in [5.41, 5.74) is 3.36. The van der Waals surface area contributed by atoms with Crippen LogP contribution in [0.4, 0.5) is 0 Å². The van der Waals surface area contributed by atoms with E-state index in [-0.39, 0.29) is 0 Å². The second kappa shape index (κ2) is 5.06. The first-order chi connectivity index (χ1) is 8.74. The molecule has 1 aromatic heterocycles. The summed E-state index contributed by atoms with van der Waals surface area (Å²) in [5, 5.41) is 13.4. The summed E-state index contributed by atoms with van der Waals surface area (Å²) in [6.45, 7) is 6.00. The maximum absolute atomic E-state index is 9.03. The number of aromatic nitrogens is 1. The molecule has 0 amide bonds. The van der Waals surface area contributed by atoms with Gasteiger partial charge in [-0.1, -0.05) is 36.0 Å². The molecule has 1 N–H and O–H groups in total. The molecular formula is C14H16N2O2. The first kappa shape index (κ1) is 12.4. The Bertz CT molecular complexity index is 612. The Morgan fingerprint density at radius 1 is 1.50 bits per heavy atom. The zero-order valence-corrected chi connectivity index (χ0v) is 10.6. The average molecular weight is 244 g/mol. The van der Waals surface area contributed by atoms with Crippen LogP contribution in [0.3, 0.4) is 0 Å². The molecule has 0 aliphatic carbocycles. The van der Waals surface area contributed by atoms with Gasteiger partial charge in [-0.2, -0.15) is 0 Å². The van der Waals surface area contributed by atoms with Crippen molar-refractivity contribution in [2.24, 2.45) is 5.16 Å². The second-order valence-corrected chi connectivity index (χ2v) is 4.01. The van der Waals surface area contributed by atoms with Crippen LogP contribution in [-0.2, 0) is 11.5 Å². The zero-order valence-electron chi connectivity index (χ0n) is 10.6. The monoisotopic (exact) mass is 244 g/mol. The Kier molecular flexibility index (Phi) is 3.48. The van der Waals surface area contributed by atoms with Gasteiger partial charge in [0, 0.05) is 18.1 Å². The van der Waals surface area contributed by atoms with Crippen molar-refractivity contribution in [2.75, 3.05) is 7.11 Å². The van der Waals surface area contributed by atoms with E-state index in [4.69, 9.17) is 9.94 Å². The molecule has 0 saturated heterocycles. The van der Waals surface area contributed by atoms with Crippen LogP contribution in [0, 0.1) is 0 Å². The minimum atomic E-state index is 0.399. The normalized spacial score (nSPS) is 12.0. The van der Waals surface area contributed by atoms with Gasteiger partial charge in [-0.15, -0.1) is 0 Å². The molecule has 2 aromatic rings. The molecule has 0 aliphatic rings. The van der Waals surface area contributed by atoms with Crippen molar-refractivity contribution in [3.05, 3.63) is 42.1 Å². The molecular weight excluding hydrogens is 228 g/mol. The van der Waals surface area contributed by atoms with Gasteiger partial charge in [-0.25, -0.2) is 0 Å². The van der Waals surface area contributed by atoms with Crippen molar-refractivity contribution in [3.63, 3.8) is 0 Å². The molecule has 2 rings (SSSR count). The van der Waals surface area contributed by atoms with E-state index in [1.165, 1.54) is 0 Å². The van der Waals surface area contributed by atoms with Gasteiger partial charge >= 0.3 is 0 Å². The van der Waals surface area contributed by atoms with Crippen LogP contribution < -0.4 is 0 Å². The summed E-state index contributed by atoms with van der Waals surface area (Å²) in [6, 6.07) is 7.97. The third kappa shape index (κ3) is 1.80. The summed E-state index contributed by atoms with van der Waals surface area (Å²) in [7, 11) is 1.64. The molecule has 4 nitrogen and oxygen atoms in total. The average Bonchev–Trinajstić information content (AvgIpc) is 2.72. The Morgan fingerprint density at radius 3 is 2.83 bits per heavy atom. The van der Waals surface area contributed by atoms with Crippen LogP contribution in [0.25, 0.3) is 17.0 Å². The van der Waals surface area contributed by atoms with Crippen LogP contribution in [0.2, 0.25) is 0 Å². The Labute approximate surface area is 106 Å². The van der Waals surface area contributed by atoms with Crippen LogP contribution in [0.1, 0.15) is 18.2 Å². The van der Waals surface area contributed by atoms with Crippen molar-refractivity contribution in [2.45, 2.75) is 13.7 Å². The maximum Gasteiger partial charge on any atom is 0.123 e. The lowest BCUT2D eigenvalue weighted by Crippen LogP contribution is -2.09. The van der Waals surface area contributed by atoms with E-state index in [2.05, 4.69) is 11.7 Å². The Balaban J connectivity index is 2.87. The molecule has 0 bridgehead atoms. The molecule has 0 fully saturated rings. The van der Waals surface area contributed by atoms with E-state index in [1.54, 1.807) is 20.1 Å². The number of methoxy groups -OCH3 is 1. The highest BCUT2D eigenvalue weighted by Gasteiger charge is 2.17. The number of hydrogen-bond donors (Lipinski definition) is 1. The van der Waals surface area contributed by atoms with Gasteiger partial charge in [0.15, 0.2) is 0 Å². The highest BCUT2D eigenvalue weighted by Crippen LogP contribution is 2.27. The standard InChI is InChI=1S/C14H16N2O2/c1-4-11-12-7-5-6-8-13(12)16(9-18-3)14(11)10(2)15-17/h4-8,17H,1,9H2,2-3H3/b15-10+. The summed E-state index contributed by atoms with van der Waals surface area (Å²) in [4.78, 5) is 0. The molecule has 94 valence electrons. The van der Waals surface area contributed by atoms with Crippen molar-refractivity contribution < 1.29 is 9.94 Å². The van der Waals surface area contributed by atoms with Crippen molar-refractivity contribution >= 4 is 22.7 Å². The van der Waals surface area contributed by atoms with Gasteiger partial charge in [-0.3, -0.25) is 0 Å². The number of benzene rings is 1. The number of nitrogens with zero attached hydrogens (tertiary/aromatic N) is 2. The van der Waals surface area contributed by atoms with Crippen molar-refractivity contribution in [1.82, 2.24) is 4.57 Å². The minimum absolute atomic E-state index is 0.399. The second-order valence-electron chi connectivity index (χ2n) is 4.01. The fraction of sp³-hybridized carbons (Fsp3) is 0.214. The molecule has 1 aromatic carbocycles. The lowest BCUT2D eigenvalue weighted by atomic mass is 10.1. The zero-order chi connectivity index (χ0) is 13.1. The molecule has 4 heteroatoms. The number of fused-ring (bicyclic) bond motifs is 1. The highest BCUT2D eigenvalue weighted by molar-refractivity contribution is 6.07. The predicted octanol–water partition coefficient (Wildman–Crippen LogP) is 3.09. The SMILES string of the molecule is C=Cc1c(/C(C)=N/O)n(COC)c2ccccc12. The van der Waals surface area contributed by atoms with Crippen molar-refractivity contribution in [1.29, 1.82) is 0 Å². The molecule has 0 spiro atoms. The van der Waals surface area contributed by atoms with E-state index in [1.807, 2.05) is 28.8 Å². The Hall–Kier alpha value is -2.07. The molecule has 1 heterocycles. The van der Waals surface area contributed by atoms with Gasteiger partial charge in [0.05, 0.1) is 11.2 Å². The number of hydrogen-bond acceptors (Lipinski definition) is 3. The summed E-state index contributed by atoms with van der Waals surface area (Å²) >= 11 is 0. The minimum Gasteiger partial charge on any atom is -0.411 e. The van der Waals surface area contributed by atoms with E-state index >= 15 is 0 Å². The van der Waals surface area contributed by atoms with E-state index in [0.29, 0.717) is 12.4 Å². The maximum atomic E-state index is 9.03. The fourth-order valence-corrected chi connectivity index (χ4v) is 2.24. The first-order valence-electron chi connectivity index (χ1n) is 5.66. The third-order valence-corrected chi connectivity index (χ3v) is 2.97. The molecule has 0 radical (unpaired) electrons. The molecule has 0 unspecified atom stereocenters. The lowest BCUT2D eigenvalue weighted by molar-refractivity contribution is 0.134. The van der Waals surface area contributed by atoms with Crippen LogP contribution in [0.5, 0.6) is 0 Å². The van der Waals surface area contributed by atoms with Crippen LogP contribution in [-0.4, -0.2) is 22.6 Å². The van der Waals surface area contributed by atoms with Gasteiger partial charge in [0.25, 0.3) is 0 Å². The summed E-state index contributed by atoms with van der Waals surface area (Å²) in [5.74, 6) is 0. The number of rotatable bonds is 4. The highest BCUT2D eigenvalue weighted by atomic mass is 16.5. The largest absolute Gasteiger partial charge is 0.411 e. The summed E-state index contributed by atoms with van der Waals surface area (Å²) in [6.07, 6.45) is 1.78. The lowest BCUT2D eigenvalue weighted by Gasteiger charge is -2.09. The quantitative estimate of drug-likeness (QED) is 0.510. The first-order valence-corrected chi connectivity index (χ1v) is 5.66. The van der Waals surface area contributed by atoms with E-state index < -0.39 is 0 Å². The smallest absolute Gasteiger partial charge is 0.123 e.